The Morgan fingerprint density at radius 3 is 2.84 bits per heavy atom. The van der Waals surface area contributed by atoms with Crippen LogP contribution in [0.3, 0.4) is 0 Å². The molecule has 1 aromatic carbocycles. The molecule has 2 rings (SSSR count). The van der Waals surface area contributed by atoms with Crippen molar-refractivity contribution in [2.24, 2.45) is 5.92 Å². The van der Waals surface area contributed by atoms with Crippen molar-refractivity contribution < 1.29 is 9.13 Å². The summed E-state index contributed by atoms with van der Waals surface area (Å²) in [5.74, 6) is 0.496. The predicted octanol–water partition coefficient (Wildman–Crippen LogP) is 4.05. The van der Waals surface area contributed by atoms with Gasteiger partial charge in [0.25, 0.3) is 0 Å². The maximum atomic E-state index is 13.9. The largest absolute Gasteiger partial charge is 0.378 e. The van der Waals surface area contributed by atoms with E-state index in [9.17, 15) is 4.39 Å². The zero-order valence-electron chi connectivity index (χ0n) is 11.5. The van der Waals surface area contributed by atoms with Crippen molar-refractivity contribution in [3.05, 3.63) is 34.1 Å². The van der Waals surface area contributed by atoms with Crippen molar-refractivity contribution in [3.63, 3.8) is 0 Å². The molecular formula is C15H21BrFNO. The summed E-state index contributed by atoms with van der Waals surface area (Å²) < 4.78 is 20.4. The van der Waals surface area contributed by atoms with E-state index in [1.165, 1.54) is 6.07 Å². The lowest BCUT2D eigenvalue weighted by molar-refractivity contribution is -0.0290. The molecule has 4 heteroatoms. The smallest absolute Gasteiger partial charge is 0.128 e. The molecule has 106 valence electrons. The maximum Gasteiger partial charge on any atom is 0.128 e. The minimum absolute atomic E-state index is 0.0741. The van der Waals surface area contributed by atoms with Crippen LogP contribution >= 0.6 is 15.9 Å². The average Bonchev–Trinajstić information content (AvgIpc) is 2.35. The zero-order chi connectivity index (χ0) is 13.8. The van der Waals surface area contributed by atoms with E-state index in [0.717, 1.165) is 35.9 Å². The minimum atomic E-state index is -0.136. The third kappa shape index (κ3) is 3.77. The molecule has 1 unspecified atom stereocenters. The molecule has 1 aliphatic rings. The second kappa shape index (κ2) is 6.82. The molecule has 0 aromatic heterocycles. The van der Waals surface area contributed by atoms with Crippen molar-refractivity contribution >= 4 is 15.9 Å². The highest BCUT2D eigenvalue weighted by Crippen LogP contribution is 2.37. The van der Waals surface area contributed by atoms with Gasteiger partial charge in [-0.15, -0.1) is 0 Å². The highest BCUT2D eigenvalue weighted by atomic mass is 79.9. The van der Waals surface area contributed by atoms with Crippen LogP contribution in [-0.4, -0.2) is 19.8 Å². The second-order valence-corrected chi connectivity index (χ2v) is 6.07. The Labute approximate surface area is 122 Å². The highest BCUT2D eigenvalue weighted by Gasteiger charge is 2.32. The summed E-state index contributed by atoms with van der Waals surface area (Å²) in [5.41, 5.74) is 0.747. The first kappa shape index (κ1) is 14.9. The van der Waals surface area contributed by atoms with Crippen LogP contribution in [0.4, 0.5) is 4.39 Å². The Balaban J connectivity index is 1.95. The van der Waals surface area contributed by atoms with E-state index >= 15 is 0 Å². The van der Waals surface area contributed by atoms with Crippen LogP contribution in [0, 0.1) is 11.7 Å². The number of hydrogen-bond acceptors (Lipinski definition) is 2. The van der Waals surface area contributed by atoms with Crippen molar-refractivity contribution in [2.75, 3.05) is 13.7 Å². The van der Waals surface area contributed by atoms with E-state index in [1.54, 1.807) is 6.07 Å². The van der Waals surface area contributed by atoms with E-state index in [-0.39, 0.29) is 11.9 Å². The molecule has 1 saturated carbocycles. The molecule has 1 atom stereocenters. The van der Waals surface area contributed by atoms with Gasteiger partial charge >= 0.3 is 0 Å². The monoisotopic (exact) mass is 329 g/mol. The molecule has 0 aliphatic heterocycles. The van der Waals surface area contributed by atoms with Gasteiger partial charge in [-0.25, -0.2) is 4.39 Å². The quantitative estimate of drug-likeness (QED) is 0.849. The lowest BCUT2D eigenvalue weighted by Gasteiger charge is -2.37. The number of benzene rings is 1. The van der Waals surface area contributed by atoms with Crippen molar-refractivity contribution in [1.82, 2.24) is 5.32 Å². The summed E-state index contributed by atoms with van der Waals surface area (Å²) in [4.78, 5) is 0. The molecule has 1 N–H and O–H groups in total. The van der Waals surface area contributed by atoms with Crippen LogP contribution in [0.5, 0.6) is 0 Å². The molecule has 1 fully saturated rings. The lowest BCUT2D eigenvalue weighted by Crippen LogP contribution is -2.34. The fraction of sp³-hybridized carbons (Fsp3) is 0.600. The molecule has 19 heavy (non-hydrogen) atoms. The topological polar surface area (TPSA) is 21.3 Å². The summed E-state index contributed by atoms with van der Waals surface area (Å²) in [6, 6.07) is 5.20. The molecule has 2 nitrogen and oxygen atoms in total. The Morgan fingerprint density at radius 1 is 1.47 bits per heavy atom. The molecule has 0 amide bonds. The van der Waals surface area contributed by atoms with Crippen molar-refractivity contribution in [2.45, 2.75) is 38.3 Å². The maximum absolute atomic E-state index is 13.9. The summed E-state index contributed by atoms with van der Waals surface area (Å²) in [6.07, 6.45) is 3.58. The van der Waals surface area contributed by atoms with Gasteiger partial charge in [-0.1, -0.05) is 15.9 Å². The van der Waals surface area contributed by atoms with Crippen LogP contribution in [0.15, 0.2) is 22.7 Å². The van der Waals surface area contributed by atoms with Crippen molar-refractivity contribution in [3.8, 4) is 0 Å². The summed E-state index contributed by atoms with van der Waals surface area (Å²) in [7, 11) is 1.89. The fourth-order valence-corrected chi connectivity index (χ4v) is 3.13. The van der Waals surface area contributed by atoms with Gasteiger partial charge in [0, 0.05) is 22.7 Å². The van der Waals surface area contributed by atoms with Crippen LogP contribution < -0.4 is 5.32 Å². The molecule has 0 heterocycles. The van der Waals surface area contributed by atoms with Crippen LogP contribution in [0.2, 0.25) is 0 Å². The normalized spacial score (nSPS) is 24.0. The molecular weight excluding hydrogens is 309 g/mol. The third-order valence-electron chi connectivity index (χ3n) is 3.85. The average molecular weight is 330 g/mol. The van der Waals surface area contributed by atoms with Gasteiger partial charge in [0.15, 0.2) is 0 Å². The Morgan fingerprint density at radius 2 is 2.21 bits per heavy atom. The molecule has 1 aromatic rings. The van der Waals surface area contributed by atoms with Crippen molar-refractivity contribution in [1.29, 1.82) is 0 Å². The molecule has 0 saturated heterocycles. The van der Waals surface area contributed by atoms with Gasteiger partial charge in [-0.05, 0) is 57.4 Å². The van der Waals surface area contributed by atoms with Gasteiger partial charge in [0.1, 0.15) is 5.82 Å². The Bertz CT molecular complexity index is 421. The number of ether oxygens (including phenoxy) is 1. The summed E-state index contributed by atoms with van der Waals surface area (Å²) in [5, 5.41) is 3.23. The minimum Gasteiger partial charge on any atom is -0.378 e. The Hall–Kier alpha value is -0.450. The SMILES string of the molecule is CCOC1CC(CC(NC)c2cc(Br)ccc2F)C1. The molecule has 0 bridgehead atoms. The third-order valence-corrected chi connectivity index (χ3v) is 4.34. The number of hydrogen-bond donors (Lipinski definition) is 1. The number of nitrogens with one attached hydrogen (secondary N) is 1. The van der Waals surface area contributed by atoms with Crippen LogP contribution in [0.1, 0.15) is 37.8 Å². The predicted molar refractivity (Wildman–Crippen MR) is 78.7 cm³/mol. The van der Waals surface area contributed by atoms with Gasteiger partial charge < -0.3 is 10.1 Å². The number of halogens is 2. The van der Waals surface area contributed by atoms with E-state index in [4.69, 9.17) is 4.74 Å². The molecule has 1 aliphatic carbocycles. The van der Waals surface area contributed by atoms with Gasteiger partial charge in [-0.3, -0.25) is 0 Å². The molecule has 0 radical (unpaired) electrons. The van der Waals surface area contributed by atoms with Gasteiger partial charge in [0.05, 0.1) is 6.10 Å². The summed E-state index contributed by atoms with van der Waals surface area (Å²) >= 11 is 3.41. The standard InChI is InChI=1S/C15H21BrFNO/c1-3-19-12-6-10(7-12)8-15(18-2)13-9-11(16)4-5-14(13)17/h4-5,9-10,12,15,18H,3,6-8H2,1-2H3. The van der Waals surface area contributed by atoms with E-state index in [0.29, 0.717) is 12.0 Å². The number of rotatable bonds is 6. The Kier molecular flexibility index (Phi) is 5.37. The first-order valence-corrected chi connectivity index (χ1v) is 7.67. The van der Waals surface area contributed by atoms with Crippen LogP contribution in [-0.2, 0) is 4.74 Å². The van der Waals surface area contributed by atoms with Crippen LogP contribution in [0.25, 0.3) is 0 Å². The van der Waals surface area contributed by atoms with E-state index in [1.807, 2.05) is 20.0 Å². The summed E-state index contributed by atoms with van der Waals surface area (Å²) in [6.45, 7) is 2.81. The lowest BCUT2D eigenvalue weighted by atomic mass is 9.77. The van der Waals surface area contributed by atoms with Gasteiger partial charge in [-0.2, -0.15) is 0 Å². The van der Waals surface area contributed by atoms with E-state index < -0.39 is 0 Å². The first-order chi connectivity index (χ1) is 9.13. The second-order valence-electron chi connectivity index (χ2n) is 5.16. The van der Waals surface area contributed by atoms with E-state index in [2.05, 4.69) is 21.2 Å². The highest BCUT2D eigenvalue weighted by molar-refractivity contribution is 9.10. The fourth-order valence-electron chi connectivity index (χ4n) is 2.75. The van der Waals surface area contributed by atoms with Gasteiger partial charge in [0.2, 0.25) is 0 Å². The first-order valence-electron chi connectivity index (χ1n) is 6.87. The molecule has 0 spiro atoms. The zero-order valence-corrected chi connectivity index (χ0v) is 13.0.